The molecule has 1 unspecified atom stereocenters. The summed E-state index contributed by atoms with van der Waals surface area (Å²) in [7, 11) is 0. The van der Waals surface area contributed by atoms with Crippen LogP contribution in [0.4, 0.5) is 0 Å². The maximum Gasteiger partial charge on any atom is 0.309 e. The molecule has 0 saturated heterocycles. The Labute approximate surface area is 170 Å². The Morgan fingerprint density at radius 2 is 0.852 bits per heavy atom. The van der Waals surface area contributed by atoms with E-state index >= 15 is 0 Å². The summed E-state index contributed by atoms with van der Waals surface area (Å²) >= 11 is 0. The van der Waals surface area contributed by atoms with Gasteiger partial charge >= 0.3 is 5.97 Å². The lowest BCUT2D eigenvalue weighted by molar-refractivity contribution is -0.150. The third-order valence-corrected chi connectivity index (χ3v) is 6.20. The van der Waals surface area contributed by atoms with E-state index < -0.39 is 11.4 Å². The van der Waals surface area contributed by atoms with Gasteiger partial charge < -0.3 is 5.11 Å². The highest BCUT2D eigenvalue weighted by molar-refractivity contribution is 5.74. The van der Waals surface area contributed by atoms with Crippen LogP contribution < -0.4 is 0 Å². The Balaban J connectivity index is 4.02. The standard InChI is InChI=1S/C25H50O2/c1-4-7-9-11-13-14-15-16-18-20-23-25(21-6-3,24(26)27)22-19-17-12-10-8-5-2/h4-23H2,1-3H3,(H,26,27). The van der Waals surface area contributed by atoms with Crippen molar-refractivity contribution in [3.63, 3.8) is 0 Å². The number of unbranched alkanes of at least 4 members (excludes halogenated alkanes) is 14. The van der Waals surface area contributed by atoms with Gasteiger partial charge in [-0.1, -0.05) is 130 Å². The number of carboxylic acids is 1. The van der Waals surface area contributed by atoms with Crippen LogP contribution in [0.2, 0.25) is 0 Å². The Kier molecular flexibility index (Phi) is 18.4. The molecule has 0 aliphatic rings. The lowest BCUT2D eigenvalue weighted by Gasteiger charge is -2.29. The van der Waals surface area contributed by atoms with Crippen molar-refractivity contribution in [1.82, 2.24) is 0 Å². The molecular weight excluding hydrogens is 332 g/mol. The summed E-state index contributed by atoms with van der Waals surface area (Å²) in [5.41, 5.74) is -0.445. The van der Waals surface area contributed by atoms with E-state index in [1.54, 1.807) is 0 Å². The number of hydrogen-bond donors (Lipinski definition) is 1. The number of carboxylic acid groups (broad SMARTS) is 1. The summed E-state index contributed by atoms with van der Waals surface area (Å²) in [6.07, 6.45) is 24.2. The van der Waals surface area contributed by atoms with Gasteiger partial charge in [-0.25, -0.2) is 0 Å². The molecule has 0 aliphatic heterocycles. The van der Waals surface area contributed by atoms with E-state index in [-0.39, 0.29) is 0 Å². The summed E-state index contributed by atoms with van der Waals surface area (Å²) in [5, 5.41) is 9.94. The first-order valence-electron chi connectivity index (χ1n) is 12.4. The van der Waals surface area contributed by atoms with E-state index in [4.69, 9.17) is 0 Å². The van der Waals surface area contributed by atoms with Crippen molar-refractivity contribution < 1.29 is 9.90 Å². The fourth-order valence-electron chi connectivity index (χ4n) is 4.37. The minimum absolute atomic E-state index is 0.445. The minimum Gasteiger partial charge on any atom is -0.481 e. The van der Waals surface area contributed by atoms with Crippen molar-refractivity contribution >= 4 is 5.97 Å². The van der Waals surface area contributed by atoms with E-state index in [0.29, 0.717) is 0 Å². The van der Waals surface area contributed by atoms with Gasteiger partial charge in [-0.2, -0.15) is 0 Å². The molecule has 0 radical (unpaired) electrons. The van der Waals surface area contributed by atoms with Gasteiger partial charge in [0, 0.05) is 0 Å². The molecule has 0 fully saturated rings. The molecule has 0 aromatic heterocycles. The van der Waals surface area contributed by atoms with Crippen molar-refractivity contribution in [3.8, 4) is 0 Å². The Morgan fingerprint density at radius 3 is 1.15 bits per heavy atom. The third kappa shape index (κ3) is 14.2. The molecule has 2 nitrogen and oxygen atoms in total. The third-order valence-electron chi connectivity index (χ3n) is 6.20. The quantitative estimate of drug-likeness (QED) is 0.201. The van der Waals surface area contributed by atoms with Gasteiger partial charge in [0.2, 0.25) is 0 Å². The van der Waals surface area contributed by atoms with Crippen molar-refractivity contribution in [1.29, 1.82) is 0 Å². The monoisotopic (exact) mass is 382 g/mol. The average molecular weight is 383 g/mol. The van der Waals surface area contributed by atoms with Crippen LogP contribution in [0.15, 0.2) is 0 Å². The summed E-state index contributed by atoms with van der Waals surface area (Å²) in [6.45, 7) is 6.64. The maximum atomic E-state index is 12.1. The van der Waals surface area contributed by atoms with Gasteiger partial charge in [-0.05, 0) is 19.3 Å². The second-order valence-corrected chi connectivity index (χ2v) is 8.79. The van der Waals surface area contributed by atoms with Crippen LogP contribution in [0.3, 0.4) is 0 Å². The van der Waals surface area contributed by atoms with Crippen molar-refractivity contribution in [2.75, 3.05) is 0 Å². The van der Waals surface area contributed by atoms with Gasteiger partial charge in [0.1, 0.15) is 0 Å². The molecule has 27 heavy (non-hydrogen) atoms. The number of rotatable bonds is 21. The normalized spacial score (nSPS) is 13.6. The SMILES string of the molecule is CCCCCCCCCCCCC(CCC)(CCCCCCCC)C(=O)O. The van der Waals surface area contributed by atoms with Crippen molar-refractivity contribution in [2.24, 2.45) is 5.41 Å². The Hall–Kier alpha value is -0.530. The van der Waals surface area contributed by atoms with E-state index in [1.807, 2.05) is 0 Å². The smallest absolute Gasteiger partial charge is 0.309 e. The van der Waals surface area contributed by atoms with Crippen molar-refractivity contribution in [3.05, 3.63) is 0 Å². The Morgan fingerprint density at radius 1 is 0.519 bits per heavy atom. The molecule has 0 heterocycles. The van der Waals surface area contributed by atoms with Crippen LogP contribution in [0.1, 0.15) is 149 Å². The number of hydrogen-bond acceptors (Lipinski definition) is 1. The second-order valence-electron chi connectivity index (χ2n) is 8.79. The zero-order valence-corrected chi connectivity index (χ0v) is 19.0. The molecule has 0 amide bonds. The lowest BCUT2D eigenvalue weighted by atomic mass is 9.74. The molecule has 2 heteroatoms. The van der Waals surface area contributed by atoms with Crippen LogP contribution in [0.25, 0.3) is 0 Å². The highest BCUT2D eigenvalue weighted by Crippen LogP contribution is 2.37. The first-order chi connectivity index (χ1) is 13.1. The highest BCUT2D eigenvalue weighted by atomic mass is 16.4. The van der Waals surface area contributed by atoms with Gasteiger partial charge in [-0.15, -0.1) is 0 Å². The minimum atomic E-state index is -0.533. The molecule has 0 aromatic rings. The zero-order valence-electron chi connectivity index (χ0n) is 19.0. The number of carbonyl (C=O) groups is 1. The van der Waals surface area contributed by atoms with E-state index in [1.165, 1.54) is 89.9 Å². The first-order valence-corrected chi connectivity index (χ1v) is 12.4. The molecule has 0 rings (SSSR count). The second kappa shape index (κ2) is 18.8. The molecule has 0 saturated carbocycles. The summed E-state index contributed by atoms with van der Waals surface area (Å²) in [5.74, 6) is -0.533. The van der Waals surface area contributed by atoms with Crippen LogP contribution in [-0.2, 0) is 4.79 Å². The van der Waals surface area contributed by atoms with Crippen LogP contribution >= 0.6 is 0 Å². The first kappa shape index (κ1) is 26.5. The van der Waals surface area contributed by atoms with Gasteiger partial charge in [0.15, 0.2) is 0 Å². The van der Waals surface area contributed by atoms with E-state index in [0.717, 1.165) is 38.5 Å². The molecule has 0 spiro atoms. The van der Waals surface area contributed by atoms with E-state index in [2.05, 4.69) is 20.8 Å². The highest BCUT2D eigenvalue weighted by Gasteiger charge is 2.36. The summed E-state index contributed by atoms with van der Waals surface area (Å²) in [4.78, 5) is 12.1. The lowest BCUT2D eigenvalue weighted by Crippen LogP contribution is -2.31. The predicted molar refractivity (Wildman–Crippen MR) is 119 cm³/mol. The van der Waals surface area contributed by atoms with Crippen LogP contribution in [-0.4, -0.2) is 11.1 Å². The molecule has 1 atom stereocenters. The number of aliphatic carboxylic acids is 1. The fourth-order valence-corrected chi connectivity index (χ4v) is 4.37. The summed E-state index contributed by atoms with van der Waals surface area (Å²) in [6, 6.07) is 0. The Bertz CT molecular complexity index is 326. The molecule has 0 bridgehead atoms. The van der Waals surface area contributed by atoms with Crippen molar-refractivity contribution in [2.45, 2.75) is 149 Å². The zero-order chi connectivity index (χ0) is 20.2. The molecule has 0 aliphatic carbocycles. The molecule has 1 N–H and O–H groups in total. The average Bonchev–Trinajstić information content (AvgIpc) is 2.65. The molecule has 162 valence electrons. The predicted octanol–water partition coefficient (Wildman–Crippen LogP) is 8.92. The van der Waals surface area contributed by atoms with Crippen LogP contribution in [0, 0.1) is 5.41 Å². The topological polar surface area (TPSA) is 37.3 Å². The molecular formula is C25H50O2. The maximum absolute atomic E-state index is 12.1. The largest absolute Gasteiger partial charge is 0.481 e. The van der Waals surface area contributed by atoms with E-state index in [9.17, 15) is 9.90 Å². The van der Waals surface area contributed by atoms with Gasteiger partial charge in [-0.3, -0.25) is 4.79 Å². The summed E-state index contributed by atoms with van der Waals surface area (Å²) < 4.78 is 0. The molecule has 0 aromatic carbocycles. The van der Waals surface area contributed by atoms with Gasteiger partial charge in [0.25, 0.3) is 0 Å². The van der Waals surface area contributed by atoms with Gasteiger partial charge in [0.05, 0.1) is 5.41 Å². The fraction of sp³-hybridized carbons (Fsp3) is 0.960. The van der Waals surface area contributed by atoms with Crippen LogP contribution in [0.5, 0.6) is 0 Å².